The van der Waals surface area contributed by atoms with Crippen LogP contribution in [-0.4, -0.2) is 47.0 Å². The largest absolute Gasteiger partial charge is 0.372 e. The number of piperidine rings is 1. The number of carbonyl (C=O) groups is 2. The highest BCUT2D eigenvalue weighted by molar-refractivity contribution is 7.09. The molecule has 4 rings (SSSR count). The Morgan fingerprint density at radius 2 is 2.10 bits per heavy atom. The van der Waals surface area contributed by atoms with E-state index in [1.165, 1.54) is 0 Å². The maximum absolute atomic E-state index is 12.7. The van der Waals surface area contributed by atoms with Crippen molar-refractivity contribution < 1.29 is 14.3 Å². The van der Waals surface area contributed by atoms with Crippen LogP contribution in [0.2, 0.25) is 0 Å². The number of thiazole rings is 1. The van der Waals surface area contributed by atoms with E-state index in [1.807, 2.05) is 29.3 Å². The monoisotopic (exact) mass is 438 g/mol. The smallest absolute Gasteiger partial charge is 0.249 e. The molecule has 8 heteroatoms. The van der Waals surface area contributed by atoms with Gasteiger partial charge in [0.25, 0.3) is 0 Å². The predicted octanol–water partition coefficient (Wildman–Crippen LogP) is 2.74. The number of hydrogen-bond donors (Lipinski definition) is 1. The van der Waals surface area contributed by atoms with Gasteiger partial charge in [-0.15, -0.1) is 11.3 Å². The van der Waals surface area contributed by atoms with Crippen molar-refractivity contribution in [1.29, 1.82) is 5.26 Å². The van der Waals surface area contributed by atoms with Crippen LogP contribution >= 0.6 is 11.3 Å². The number of nitrogens with two attached hydrogens (primary N) is 1. The van der Waals surface area contributed by atoms with Gasteiger partial charge in [0.1, 0.15) is 6.61 Å². The molecule has 2 amide bonds. The molecule has 1 aromatic carbocycles. The third-order valence-corrected chi connectivity index (χ3v) is 7.26. The van der Waals surface area contributed by atoms with Crippen LogP contribution in [0.1, 0.15) is 36.8 Å². The van der Waals surface area contributed by atoms with E-state index in [1.54, 1.807) is 23.5 Å². The van der Waals surface area contributed by atoms with Crippen molar-refractivity contribution in [3.05, 3.63) is 40.2 Å². The van der Waals surface area contributed by atoms with Gasteiger partial charge in [-0.05, 0) is 44.2 Å². The molecular formula is C23H26N4O3S. The molecule has 2 aliphatic rings. The zero-order valence-electron chi connectivity index (χ0n) is 17.5. The van der Waals surface area contributed by atoms with Gasteiger partial charge in [-0.25, -0.2) is 4.98 Å². The maximum Gasteiger partial charge on any atom is 0.249 e. The molecule has 2 fully saturated rings. The lowest BCUT2D eigenvalue weighted by molar-refractivity contribution is -0.146. The fourth-order valence-electron chi connectivity index (χ4n) is 5.07. The Labute approximate surface area is 185 Å². The molecule has 2 bridgehead atoms. The van der Waals surface area contributed by atoms with E-state index < -0.39 is 0 Å². The van der Waals surface area contributed by atoms with Crippen LogP contribution in [0.25, 0.3) is 11.3 Å². The lowest BCUT2D eigenvalue weighted by atomic mass is 9.77. The minimum atomic E-state index is -0.369. The average Bonchev–Trinajstić information content (AvgIpc) is 3.35. The summed E-state index contributed by atoms with van der Waals surface area (Å²) in [6.45, 7) is 2.41. The Balaban J connectivity index is 1.50. The van der Waals surface area contributed by atoms with E-state index in [-0.39, 0.29) is 42.3 Å². The fourth-order valence-corrected chi connectivity index (χ4v) is 5.97. The molecule has 4 unspecified atom stereocenters. The first-order chi connectivity index (χ1) is 15.0. The summed E-state index contributed by atoms with van der Waals surface area (Å²) in [6, 6.07) is 9.46. The Kier molecular flexibility index (Phi) is 6.35. The summed E-state index contributed by atoms with van der Waals surface area (Å²) >= 11 is 1.57. The van der Waals surface area contributed by atoms with Gasteiger partial charge in [0.05, 0.1) is 28.3 Å². The first kappa shape index (κ1) is 21.5. The molecule has 0 spiro atoms. The molecule has 0 radical (unpaired) electrons. The molecule has 3 heterocycles. The second-order valence-electron chi connectivity index (χ2n) is 8.18. The maximum atomic E-state index is 12.7. The van der Waals surface area contributed by atoms with E-state index in [9.17, 15) is 9.59 Å². The van der Waals surface area contributed by atoms with Crippen molar-refractivity contribution in [3.8, 4) is 17.3 Å². The minimum absolute atomic E-state index is 0.0450. The zero-order valence-corrected chi connectivity index (χ0v) is 18.3. The molecule has 2 saturated heterocycles. The number of aromatic nitrogens is 1. The van der Waals surface area contributed by atoms with Crippen LogP contribution in [0, 0.1) is 23.2 Å². The number of amides is 2. The number of nitrogens with zero attached hydrogens (tertiary/aromatic N) is 3. The first-order valence-electron chi connectivity index (χ1n) is 10.6. The number of carbonyl (C=O) groups excluding carboxylic acids is 2. The summed E-state index contributed by atoms with van der Waals surface area (Å²) in [5.74, 6) is -0.678. The summed E-state index contributed by atoms with van der Waals surface area (Å²) in [6.07, 6.45) is 3.14. The second-order valence-corrected chi connectivity index (χ2v) is 9.12. The molecule has 2 N–H and O–H groups in total. The van der Waals surface area contributed by atoms with E-state index >= 15 is 0 Å². The van der Waals surface area contributed by atoms with Gasteiger partial charge < -0.3 is 15.4 Å². The van der Waals surface area contributed by atoms with E-state index in [4.69, 9.17) is 20.7 Å². The highest BCUT2D eigenvalue weighted by atomic mass is 32.1. The van der Waals surface area contributed by atoms with Crippen molar-refractivity contribution in [1.82, 2.24) is 9.88 Å². The standard InChI is InChI=1S/C23H26N4O3S/c1-2-30-12-21(28)27-17-7-8-19(27)22(23(25)29)16(9-17)10-20-26-18(13-31-20)15-5-3-14(11-24)4-6-15/h3-6,13,16-17,19,22H,2,7-10,12H2,1H3,(H2,25,29). The van der Waals surface area contributed by atoms with Crippen molar-refractivity contribution >= 4 is 23.2 Å². The Hall–Kier alpha value is -2.76. The quantitative estimate of drug-likeness (QED) is 0.715. The molecule has 0 aliphatic carbocycles. The van der Waals surface area contributed by atoms with Gasteiger partial charge in [0.15, 0.2) is 0 Å². The topological polar surface area (TPSA) is 109 Å². The van der Waals surface area contributed by atoms with Gasteiger partial charge in [-0.1, -0.05) is 12.1 Å². The van der Waals surface area contributed by atoms with Crippen molar-refractivity contribution in [3.63, 3.8) is 0 Å². The van der Waals surface area contributed by atoms with E-state index in [0.29, 0.717) is 18.6 Å². The Morgan fingerprint density at radius 1 is 1.32 bits per heavy atom. The average molecular weight is 439 g/mol. The normalized spacial score (nSPS) is 24.7. The second kappa shape index (κ2) is 9.16. The number of primary amides is 1. The number of nitriles is 1. The summed E-state index contributed by atoms with van der Waals surface area (Å²) in [5, 5.41) is 11.9. The molecule has 162 valence electrons. The highest BCUT2D eigenvalue weighted by Crippen LogP contribution is 2.44. The molecule has 0 saturated carbocycles. The SMILES string of the molecule is CCOCC(=O)N1C2CCC1C(C(N)=O)C(Cc1nc(-c3ccc(C#N)cc3)cs1)C2. The highest BCUT2D eigenvalue weighted by Gasteiger charge is 2.51. The predicted molar refractivity (Wildman–Crippen MR) is 117 cm³/mol. The molecular weight excluding hydrogens is 412 g/mol. The van der Waals surface area contributed by atoms with Gasteiger partial charge in [-0.3, -0.25) is 9.59 Å². The zero-order chi connectivity index (χ0) is 22.0. The third-order valence-electron chi connectivity index (χ3n) is 6.39. The molecule has 2 aliphatic heterocycles. The van der Waals surface area contributed by atoms with E-state index in [2.05, 4.69) is 6.07 Å². The summed E-state index contributed by atoms with van der Waals surface area (Å²) in [4.78, 5) is 31.7. The van der Waals surface area contributed by atoms with Crippen LogP contribution in [0.15, 0.2) is 29.6 Å². The number of benzene rings is 1. The number of fused-ring (bicyclic) bond motifs is 2. The van der Waals surface area contributed by atoms with E-state index in [0.717, 1.165) is 35.5 Å². The summed E-state index contributed by atoms with van der Waals surface area (Å²) in [5.41, 5.74) is 8.28. The van der Waals surface area contributed by atoms with Crippen LogP contribution in [0.3, 0.4) is 0 Å². The lowest BCUT2D eigenvalue weighted by Crippen LogP contribution is -2.56. The molecule has 31 heavy (non-hydrogen) atoms. The van der Waals surface area contributed by atoms with Gasteiger partial charge in [0, 0.05) is 36.1 Å². The van der Waals surface area contributed by atoms with Gasteiger partial charge in [0.2, 0.25) is 11.8 Å². The van der Waals surface area contributed by atoms with Crippen LogP contribution in [0.5, 0.6) is 0 Å². The van der Waals surface area contributed by atoms with Crippen molar-refractivity contribution in [2.75, 3.05) is 13.2 Å². The van der Waals surface area contributed by atoms with Crippen LogP contribution < -0.4 is 5.73 Å². The first-order valence-corrected chi connectivity index (χ1v) is 11.5. The Morgan fingerprint density at radius 3 is 2.77 bits per heavy atom. The molecule has 1 aromatic heterocycles. The number of ether oxygens (including phenoxy) is 1. The molecule has 2 aromatic rings. The third kappa shape index (κ3) is 4.34. The van der Waals surface area contributed by atoms with Gasteiger partial charge in [-0.2, -0.15) is 5.26 Å². The number of hydrogen-bond acceptors (Lipinski definition) is 6. The summed E-state index contributed by atoms with van der Waals surface area (Å²) < 4.78 is 5.32. The molecule has 4 atom stereocenters. The Bertz CT molecular complexity index is 997. The lowest BCUT2D eigenvalue weighted by Gasteiger charge is -2.43. The van der Waals surface area contributed by atoms with Crippen molar-refractivity contribution in [2.24, 2.45) is 17.6 Å². The molecule has 7 nitrogen and oxygen atoms in total. The van der Waals surface area contributed by atoms with Crippen LogP contribution in [-0.2, 0) is 20.7 Å². The fraction of sp³-hybridized carbons (Fsp3) is 0.478. The van der Waals surface area contributed by atoms with Gasteiger partial charge >= 0.3 is 0 Å². The minimum Gasteiger partial charge on any atom is -0.372 e. The summed E-state index contributed by atoms with van der Waals surface area (Å²) in [7, 11) is 0. The van der Waals surface area contributed by atoms with Crippen LogP contribution in [0.4, 0.5) is 0 Å². The number of rotatable bonds is 7. The van der Waals surface area contributed by atoms with Crippen molar-refractivity contribution in [2.45, 2.75) is 44.7 Å².